The van der Waals surface area contributed by atoms with Gasteiger partial charge in [0.1, 0.15) is 14.2 Å². The smallest absolute Gasteiger partial charge is 0.193 e. The second kappa shape index (κ2) is 8.96. The summed E-state index contributed by atoms with van der Waals surface area (Å²) in [6, 6.07) is 0. The van der Waals surface area contributed by atoms with Crippen molar-refractivity contribution in [2.45, 2.75) is 110 Å². The fraction of sp³-hybridized carbons (Fsp3) is 0.680. The molecule has 0 aromatic rings. The van der Waals surface area contributed by atoms with Crippen LogP contribution in [-0.4, -0.2) is 36.9 Å². The average molecular weight is 461 g/mol. The van der Waals surface area contributed by atoms with Crippen molar-refractivity contribution in [3.05, 3.63) is 23.3 Å². The molecule has 168 valence electrons. The van der Waals surface area contributed by atoms with Gasteiger partial charge in [-0.15, -0.1) is 12.0 Å². The molecule has 0 unspecified atom stereocenters. The highest BCUT2D eigenvalue weighted by molar-refractivity contribution is 6.84. The molecule has 1 aliphatic rings. The molecule has 0 saturated heterocycles. The van der Waals surface area contributed by atoms with Gasteiger partial charge in [-0.3, -0.25) is 0 Å². The maximum Gasteiger partial charge on any atom is 0.193 e. The lowest BCUT2D eigenvalue weighted by molar-refractivity contribution is 0.0956. The highest BCUT2D eigenvalue weighted by Gasteiger charge is 2.47. The molecule has 5 heteroatoms. The minimum atomic E-state index is -2.04. The van der Waals surface area contributed by atoms with Gasteiger partial charge in [-0.05, 0) is 48.4 Å². The van der Waals surface area contributed by atoms with Crippen molar-refractivity contribution >= 4 is 24.7 Å². The highest BCUT2D eigenvalue weighted by Crippen LogP contribution is 2.44. The second-order valence-corrected chi connectivity index (χ2v) is 26.8. The Morgan fingerprint density at radius 1 is 0.867 bits per heavy atom. The Morgan fingerprint density at radius 3 is 1.73 bits per heavy atom. The second-order valence-electron chi connectivity index (χ2n) is 12.5. The van der Waals surface area contributed by atoms with Gasteiger partial charge in [0.05, 0.1) is 6.10 Å². The highest BCUT2D eigenvalue weighted by atomic mass is 28.4. The van der Waals surface area contributed by atoms with Crippen LogP contribution in [0, 0.1) is 23.8 Å². The molecule has 0 fully saturated rings. The van der Waals surface area contributed by atoms with Gasteiger partial charge < -0.3 is 8.85 Å². The van der Waals surface area contributed by atoms with E-state index in [1.807, 2.05) is 6.08 Å². The normalized spacial score (nSPS) is 22.4. The predicted octanol–water partition coefficient (Wildman–Crippen LogP) is 7.15. The Balaban J connectivity index is 3.52. The van der Waals surface area contributed by atoms with E-state index < -0.39 is 24.7 Å². The van der Waals surface area contributed by atoms with Crippen molar-refractivity contribution in [2.75, 3.05) is 0 Å². The van der Waals surface area contributed by atoms with Crippen LogP contribution < -0.4 is 0 Å². The summed E-state index contributed by atoms with van der Waals surface area (Å²) in [6.07, 6.45) is 9.42. The van der Waals surface area contributed by atoms with Crippen molar-refractivity contribution in [3.8, 4) is 23.8 Å². The van der Waals surface area contributed by atoms with Crippen LogP contribution in [0.2, 0.25) is 55.9 Å². The van der Waals surface area contributed by atoms with Gasteiger partial charge in [0.25, 0.3) is 0 Å². The largest absolute Gasteiger partial charge is 0.408 e. The molecule has 0 heterocycles. The summed E-state index contributed by atoms with van der Waals surface area (Å²) in [4.78, 5) is 0. The number of hydrogen-bond acceptors (Lipinski definition) is 2. The Morgan fingerprint density at radius 2 is 1.33 bits per heavy atom. The lowest BCUT2D eigenvalue weighted by atomic mass is 10.1. The minimum Gasteiger partial charge on any atom is -0.408 e. The lowest BCUT2D eigenvalue weighted by Crippen LogP contribution is -2.50. The van der Waals surface area contributed by atoms with Gasteiger partial charge in [-0.25, -0.2) is 0 Å². The zero-order valence-corrected chi connectivity index (χ0v) is 24.7. The third-order valence-corrected chi connectivity index (χ3v) is 16.3. The molecule has 0 radical (unpaired) electrons. The van der Waals surface area contributed by atoms with E-state index in [-0.39, 0.29) is 22.3 Å². The molecular weight excluding hydrogens is 417 g/mol. The third kappa shape index (κ3) is 6.84. The van der Waals surface area contributed by atoms with Crippen LogP contribution in [-0.2, 0) is 8.85 Å². The third-order valence-electron chi connectivity index (χ3n) is 6.52. The van der Waals surface area contributed by atoms with E-state index in [1.165, 1.54) is 0 Å². The van der Waals surface area contributed by atoms with E-state index in [2.05, 4.69) is 111 Å². The van der Waals surface area contributed by atoms with Crippen LogP contribution in [0.5, 0.6) is 0 Å². The molecule has 0 spiro atoms. The van der Waals surface area contributed by atoms with Crippen molar-refractivity contribution in [1.29, 1.82) is 0 Å². The van der Waals surface area contributed by atoms with E-state index in [0.717, 1.165) is 11.1 Å². The van der Waals surface area contributed by atoms with Crippen LogP contribution in [0.1, 0.15) is 41.5 Å². The van der Waals surface area contributed by atoms with E-state index in [1.54, 1.807) is 0 Å². The topological polar surface area (TPSA) is 18.5 Å². The number of hydrogen-bond donors (Lipinski definition) is 0. The van der Waals surface area contributed by atoms with Crippen LogP contribution in [0.25, 0.3) is 0 Å². The fourth-order valence-corrected chi connectivity index (χ4v) is 5.52. The monoisotopic (exact) mass is 460 g/mol. The SMILES string of the molecule is C#C/C=C1\C(C#C[Si](C)(C)C)=C[C@@H](O[Si](C)(C)C(C)(C)C)[C@@H]1O[Si](C)(C)C(C)(C)C. The molecular formula is C25H44O2Si3. The molecule has 0 aromatic carbocycles. The van der Waals surface area contributed by atoms with Crippen LogP contribution in [0.4, 0.5) is 0 Å². The Bertz CT molecular complexity index is 795. The van der Waals surface area contributed by atoms with Crippen LogP contribution in [0.3, 0.4) is 0 Å². The zero-order valence-electron chi connectivity index (χ0n) is 21.7. The lowest BCUT2D eigenvalue weighted by Gasteiger charge is -2.43. The van der Waals surface area contributed by atoms with E-state index in [0.29, 0.717) is 0 Å². The molecule has 0 N–H and O–H groups in total. The summed E-state index contributed by atoms with van der Waals surface area (Å²) >= 11 is 0. The standard InChI is InChI=1S/C25H44O2Si3/c1-15-16-21-20(17-18-28(8,9)10)19-22(26-29(11,12)24(2,3)4)23(21)27-30(13,14)25(5,6)7/h1,16,19,22-23H,2-14H3/b21-16+/t22-,23-/m1/s1. The van der Waals surface area contributed by atoms with Crippen LogP contribution in [0.15, 0.2) is 23.3 Å². The van der Waals surface area contributed by atoms with Gasteiger partial charge in [0, 0.05) is 11.1 Å². The summed E-state index contributed by atoms with van der Waals surface area (Å²) in [5.41, 5.74) is 5.50. The maximum absolute atomic E-state index is 6.93. The van der Waals surface area contributed by atoms with Crippen molar-refractivity contribution in [1.82, 2.24) is 0 Å². The van der Waals surface area contributed by atoms with Crippen LogP contribution >= 0.6 is 0 Å². The zero-order chi connectivity index (χ0) is 23.8. The van der Waals surface area contributed by atoms with Crippen molar-refractivity contribution in [3.63, 3.8) is 0 Å². The molecule has 0 bridgehead atoms. The van der Waals surface area contributed by atoms with E-state index >= 15 is 0 Å². The predicted molar refractivity (Wildman–Crippen MR) is 140 cm³/mol. The van der Waals surface area contributed by atoms with Crippen molar-refractivity contribution < 1.29 is 8.85 Å². The Hall–Kier alpha value is -0.829. The van der Waals surface area contributed by atoms with Gasteiger partial charge in [-0.2, -0.15) is 0 Å². The molecule has 30 heavy (non-hydrogen) atoms. The first kappa shape index (κ1) is 27.2. The number of rotatable bonds is 4. The molecule has 1 rings (SSSR count). The first-order chi connectivity index (χ1) is 13.2. The van der Waals surface area contributed by atoms with E-state index in [4.69, 9.17) is 15.3 Å². The quantitative estimate of drug-likeness (QED) is 0.327. The number of allylic oxidation sites excluding steroid dienone is 1. The summed E-state index contributed by atoms with van der Waals surface area (Å²) < 4.78 is 13.8. The van der Waals surface area contributed by atoms with E-state index in [9.17, 15) is 0 Å². The molecule has 0 aromatic heterocycles. The molecule has 1 aliphatic carbocycles. The maximum atomic E-state index is 6.93. The fourth-order valence-electron chi connectivity index (χ4n) is 2.53. The van der Waals surface area contributed by atoms with Gasteiger partial charge in [0.2, 0.25) is 0 Å². The number of terminal acetylenes is 1. The summed E-state index contributed by atoms with van der Waals surface area (Å²) in [6.45, 7) is 29.5. The van der Waals surface area contributed by atoms with Gasteiger partial charge in [0.15, 0.2) is 16.6 Å². The first-order valence-electron chi connectivity index (χ1n) is 11.0. The molecule has 2 nitrogen and oxygen atoms in total. The molecule has 0 amide bonds. The van der Waals surface area contributed by atoms with Gasteiger partial charge >= 0.3 is 0 Å². The summed E-state index contributed by atoms with van der Waals surface area (Å²) in [5, 5.41) is 0.216. The molecule has 2 atom stereocenters. The average Bonchev–Trinajstić information content (AvgIpc) is 2.79. The first-order valence-corrected chi connectivity index (χ1v) is 20.3. The Kier molecular flexibility index (Phi) is 8.13. The Labute approximate surface area is 190 Å². The summed E-state index contributed by atoms with van der Waals surface area (Å²) in [7, 11) is -5.56. The summed E-state index contributed by atoms with van der Waals surface area (Å²) in [5.74, 6) is 6.18. The van der Waals surface area contributed by atoms with Crippen molar-refractivity contribution in [2.24, 2.45) is 0 Å². The molecule has 0 aliphatic heterocycles. The minimum absolute atomic E-state index is 0.0997. The van der Waals surface area contributed by atoms with Gasteiger partial charge in [-0.1, -0.05) is 73.0 Å². The molecule has 0 saturated carbocycles.